The Kier molecular flexibility index (Phi) is 8.29. The van der Waals surface area contributed by atoms with E-state index < -0.39 is 22.7 Å². The molecule has 0 N–H and O–H groups in total. The fraction of sp³-hybridized carbons (Fsp3) is 0.500. The van der Waals surface area contributed by atoms with Gasteiger partial charge in [-0.25, -0.2) is 4.98 Å². The third-order valence-corrected chi connectivity index (χ3v) is 6.14. The molecule has 1 atom stereocenters. The van der Waals surface area contributed by atoms with E-state index in [0.29, 0.717) is 24.5 Å². The van der Waals surface area contributed by atoms with Gasteiger partial charge < -0.3 is 0 Å². The second-order valence-corrected chi connectivity index (χ2v) is 8.93. The van der Waals surface area contributed by atoms with Crippen LogP contribution in [0.2, 0.25) is 0 Å². The van der Waals surface area contributed by atoms with E-state index in [1.807, 2.05) is 32.9 Å². The summed E-state index contributed by atoms with van der Waals surface area (Å²) in [5, 5.41) is 0. The molecule has 2 aromatic heterocycles. The molecule has 0 radical (unpaired) electrons. The van der Waals surface area contributed by atoms with Crippen LogP contribution in [-0.4, -0.2) is 25.7 Å². The molecular weight excluding hydrogens is 413 g/mol. The summed E-state index contributed by atoms with van der Waals surface area (Å²) in [5.41, 5.74) is 1.68. The quantitative estimate of drug-likeness (QED) is 0.545. The van der Waals surface area contributed by atoms with Crippen LogP contribution in [0.1, 0.15) is 79.1 Å². The van der Waals surface area contributed by atoms with Gasteiger partial charge in [0.25, 0.3) is 0 Å². The van der Waals surface area contributed by atoms with Crippen molar-refractivity contribution in [3.63, 3.8) is 0 Å². The monoisotopic (exact) mass is 440 g/mol. The summed E-state index contributed by atoms with van der Waals surface area (Å²) in [6.45, 7) is 7.04. The number of aryl methyl sites for hydroxylation is 2. The fourth-order valence-electron chi connectivity index (χ4n) is 2.98. The van der Waals surface area contributed by atoms with E-state index in [1.165, 1.54) is 31.5 Å². The van der Waals surface area contributed by atoms with Gasteiger partial charge in [-0.2, -0.15) is 13.2 Å². The summed E-state index contributed by atoms with van der Waals surface area (Å²) >= 11 is 0. The van der Waals surface area contributed by atoms with Crippen LogP contribution < -0.4 is 0 Å². The Morgan fingerprint density at radius 2 is 1.80 bits per heavy atom. The number of carbonyl (C=O) groups is 1. The molecule has 0 spiro atoms. The lowest BCUT2D eigenvalue weighted by atomic mass is 10.1. The summed E-state index contributed by atoms with van der Waals surface area (Å²) < 4.78 is 48.8. The van der Waals surface area contributed by atoms with Crippen molar-refractivity contribution in [3.05, 3.63) is 52.6 Å². The summed E-state index contributed by atoms with van der Waals surface area (Å²) in [7, 11) is -0.866. The highest BCUT2D eigenvalue weighted by Gasteiger charge is 2.33. The summed E-state index contributed by atoms with van der Waals surface area (Å²) in [6.07, 6.45) is -0.906. The van der Waals surface area contributed by atoms with Gasteiger partial charge in [-0.3, -0.25) is 14.0 Å². The molecule has 0 amide bonds. The Balaban J connectivity index is 0.000000215. The molecule has 0 aliphatic heterocycles. The highest BCUT2D eigenvalue weighted by molar-refractivity contribution is 7.85. The van der Waals surface area contributed by atoms with Gasteiger partial charge in [0.05, 0.1) is 27.1 Å². The zero-order valence-electron chi connectivity index (χ0n) is 17.7. The minimum atomic E-state index is -4.46. The maximum Gasteiger partial charge on any atom is 0.433 e. The molecule has 0 saturated heterocycles. The molecule has 1 unspecified atom stereocenters. The zero-order chi connectivity index (χ0) is 22.5. The van der Waals surface area contributed by atoms with Crippen LogP contribution in [0, 0.1) is 6.92 Å². The normalized spacial score (nSPS) is 14.6. The first-order valence-corrected chi connectivity index (χ1v) is 11.3. The molecule has 1 aliphatic rings. The Morgan fingerprint density at radius 1 is 1.13 bits per heavy atom. The Morgan fingerprint density at radius 3 is 2.27 bits per heavy atom. The van der Waals surface area contributed by atoms with Gasteiger partial charge >= 0.3 is 6.18 Å². The lowest BCUT2D eigenvalue weighted by molar-refractivity contribution is -0.141. The van der Waals surface area contributed by atoms with Crippen molar-refractivity contribution in [2.75, 3.05) is 5.75 Å². The number of alkyl halides is 3. The largest absolute Gasteiger partial charge is 0.433 e. The first kappa shape index (κ1) is 24.2. The standard InChI is InChI=1S/C11H12F3NO.C11H15NOS/c1-3-4-9-8(7(2)16)5-6-10(15-9)11(12,13)14;1-3-14(13)11-7-6-10(9-4-5-9)12-8(11)2/h5-6H,3-4H2,1-2H3;6-7,9H,3-5H2,1-2H3. The number of aromatic nitrogens is 2. The molecule has 8 heteroatoms. The topological polar surface area (TPSA) is 59.9 Å². The molecule has 2 heterocycles. The van der Waals surface area contributed by atoms with Gasteiger partial charge in [0.1, 0.15) is 5.69 Å². The van der Waals surface area contributed by atoms with Crippen LogP contribution in [0.5, 0.6) is 0 Å². The molecular formula is C22H27F3N2O2S. The van der Waals surface area contributed by atoms with Gasteiger partial charge in [0, 0.05) is 22.9 Å². The average Bonchev–Trinajstić information content (AvgIpc) is 3.52. The van der Waals surface area contributed by atoms with Crippen molar-refractivity contribution in [1.82, 2.24) is 9.97 Å². The molecule has 30 heavy (non-hydrogen) atoms. The van der Waals surface area contributed by atoms with Crippen molar-refractivity contribution in [3.8, 4) is 0 Å². The highest BCUT2D eigenvalue weighted by atomic mass is 32.2. The molecule has 164 valence electrons. The van der Waals surface area contributed by atoms with Crippen LogP contribution in [0.25, 0.3) is 0 Å². The highest BCUT2D eigenvalue weighted by Crippen LogP contribution is 2.39. The number of halogens is 3. The molecule has 1 aliphatic carbocycles. The van der Waals surface area contributed by atoms with E-state index in [-0.39, 0.29) is 17.0 Å². The summed E-state index contributed by atoms with van der Waals surface area (Å²) in [6, 6.07) is 6.06. The van der Waals surface area contributed by atoms with Crippen LogP contribution in [0.15, 0.2) is 29.2 Å². The lowest BCUT2D eigenvalue weighted by Gasteiger charge is -2.10. The number of nitrogens with zero attached hydrogens (tertiary/aromatic N) is 2. The van der Waals surface area contributed by atoms with Crippen molar-refractivity contribution in [2.24, 2.45) is 0 Å². The lowest BCUT2D eigenvalue weighted by Crippen LogP contribution is -2.12. The maximum absolute atomic E-state index is 12.4. The molecule has 2 aromatic rings. The number of ketones is 1. The number of rotatable bonds is 6. The zero-order valence-corrected chi connectivity index (χ0v) is 18.5. The van der Waals surface area contributed by atoms with E-state index in [1.54, 1.807) is 0 Å². The second kappa shape index (κ2) is 10.3. The molecule has 3 rings (SSSR count). The summed E-state index contributed by atoms with van der Waals surface area (Å²) in [5.74, 6) is 1.09. The predicted molar refractivity (Wildman–Crippen MR) is 111 cm³/mol. The second-order valence-electron chi connectivity index (χ2n) is 7.22. The predicted octanol–water partition coefficient (Wildman–Crippen LogP) is 5.65. The third-order valence-electron chi connectivity index (χ3n) is 4.69. The average molecular weight is 441 g/mol. The third kappa shape index (κ3) is 6.45. The van der Waals surface area contributed by atoms with E-state index in [0.717, 1.165) is 16.7 Å². The Bertz CT molecular complexity index is 925. The number of Topliss-reactive ketones (excluding diaryl/α,β-unsaturated/α-hetero) is 1. The molecule has 1 fully saturated rings. The SMILES string of the molecule is CCCc1nc(C(F)(F)F)ccc1C(C)=O.CCS(=O)c1ccc(C2CC2)nc1C. The van der Waals surface area contributed by atoms with Crippen LogP contribution in [0.3, 0.4) is 0 Å². The van der Waals surface area contributed by atoms with Crippen LogP contribution in [0.4, 0.5) is 13.2 Å². The number of hydrogen-bond donors (Lipinski definition) is 0. The van der Waals surface area contributed by atoms with Crippen LogP contribution in [-0.2, 0) is 23.4 Å². The minimum Gasteiger partial charge on any atom is -0.294 e. The van der Waals surface area contributed by atoms with Gasteiger partial charge in [0.15, 0.2) is 5.78 Å². The van der Waals surface area contributed by atoms with E-state index >= 15 is 0 Å². The Labute approximate surface area is 177 Å². The molecule has 4 nitrogen and oxygen atoms in total. The first-order valence-electron chi connectivity index (χ1n) is 10.0. The molecule has 0 bridgehead atoms. The molecule has 0 aromatic carbocycles. The number of carbonyl (C=O) groups excluding carboxylic acids is 1. The van der Waals surface area contributed by atoms with E-state index in [9.17, 15) is 22.2 Å². The fourth-order valence-corrected chi connectivity index (χ4v) is 3.88. The van der Waals surface area contributed by atoms with Gasteiger partial charge in [-0.15, -0.1) is 0 Å². The van der Waals surface area contributed by atoms with E-state index in [2.05, 4.69) is 9.97 Å². The Hall–Kier alpha value is -2.09. The molecule has 1 saturated carbocycles. The smallest absolute Gasteiger partial charge is 0.294 e. The number of pyridine rings is 2. The summed E-state index contributed by atoms with van der Waals surface area (Å²) in [4.78, 5) is 20.1. The minimum absolute atomic E-state index is 0.227. The van der Waals surface area contributed by atoms with Crippen molar-refractivity contribution in [2.45, 2.75) is 70.4 Å². The van der Waals surface area contributed by atoms with Crippen molar-refractivity contribution < 1.29 is 22.2 Å². The number of hydrogen-bond acceptors (Lipinski definition) is 4. The van der Waals surface area contributed by atoms with Crippen LogP contribution >= 0.6 is 0 Å². The van der Waals surface area contributed by atoms with Crippen molar-refractivity contribution >= 4 is 16.6 Å². The van der Waals surface area contributed by atoms with Gasteiger partial charge in [-0.05, 0) is 57.4 Å². The first-order chi connectivity index (χ1) is 14.1. The van der Waals surface area contributed by atoms with Crippen molar-refractivity contribution in [1.29, 1.82) is 0 Å². The van der Waals surface area contributed by atoms with Gasteiger partial charge in [0.2, 0.25) is 0 Å². The van der Waals surface area contributed by atoms with Gasteiger partial charge in [-0.1, -0.05) is 20.3 Å². The van der Waals surface area contributed by atoms with E-state index in [4.69, 9.17) is 0 Å². The maximum atomic E-state index is 12.4.